The normalized spacial score (nSPS) is 10.8. The van der Waals surface area contributed by atoms with Crippen LogP contribution in [-0.4, -0.2) is 23.7 Å². The first kappa shape index (κ1) is 18.8. The van der Waals surface area contributed by atoms with Crippen molar-refractivity contribution in [3.63, 3.8) is 0 Å². The van der Waals surface area contributed by atoms with E-state index in [9.17, 15) is 14.9 Å². The maximum absolute atomic E-state index is 11.8. The van der Waals surface area contributed by atoms with Gasteiger partial charge >= 0.3 is 0 Å². The molecule has 3 aromatic rings. The Hall–Kier alpha value is -3.94. The number of nitro benzene ring substituents is 1. The van der Waals surface area contributed by atoms with Crippen molar-refractivity contribution in [2.45, 2.75) is 6.92 Å². The second kappa shape index (κ2) is 8.63. The van der Waals surface area contributed by atoms with Crippen LogP contribution in [0.5, 0.6) is 5.75 Å². The van der Waals surface area contributed by atoms with Gasteiger partial charge in [0.05, 0.1) is 11.1 Å². The number of nitro groups is 1. The van der Waals surface area contributed by atoms with Gasteiger partial charge in [-0.3, -0.25) is 14.9 Å². The lowest BCUT2D eigenvalue weighted by atomic mass is 10.1. The fourth-order valence-corrected chi connectivity index (χ4v) is 2.41. The van der Waals surface area contributed by atoms with Crippen molar-refractivity contribution in [2.75, 3.05) is 6.61 Å². The first-order valence-electron chi connectivity index (χ1n) is 8.38. The van der Waals surface area contributed by atoms with Crippen LogP contribution >= 0.6 is 0 Å². The molecule has 0 aliphatic rings. The van der Waals surface area contributed by atoms with Crippen molar-refractivity contribution in [2.24, 2.45) is 5.10 Å². The van der Waals surface area contributed by atoms with Crippen molar-refractivity contribution in [3.05, 3.63) is 82.1 Å². The minimum Gasteiger partial charge on any atom is -0.483 e. The van der Waals surface area contributed by atoms with Gasteiger partial charge in [-0.05, 0) is 30.7 Å². The Balaban J connectivity index is 1.55. The lowest BCUT2D eigenvalue weighted by molar-refractivity contribution is -0.384. The molecule has 1 amide bonds. The van der Waals surface area contributed by atoms with E-state index in [1.807, 2.05) is 25.1 Å². The van der Waals surface area contributed by atoms with Crippen LogP contribution in [0.3, 0.4) is 0 Å². The summed E-state index contributed by atoms with van der Waals surface area (Å²) < 4.78 is 11.0. The van der Waals surface area contributed by atoms with Crippen molar-refractivity contribution < 1.29 is 18.9 Å². The van der Waals surface area contributed by atoms with E-state index in [-0.39, 0.29) is 12.3 Å². The van der Waals surface area contributed by atoms with Crippen molar-refractivity contribution in [3.8, 4) is 17.1 Å². The Morgan fingerprint density at radius 2 is 2.04 bits per heavy atom. The molecule has 0 atom stereocenters. The number of aryl methyl sites for hydroxylation is 1. The lowest BCUT2D eigenvalue weighted by Gasteiger charge is -2.07. The molecule has 2 aromatic carbocycles. The molecular formula is C20H17N3O5. The second-order valence-electron chi connectivity index (χ2n) is 5.86. The maximum Gasteiger partial charge on any atom is 0.277 e. The molecule has 0 saturated heterocycles. The third-order valence-corrected chi connectivity index (χ3v) is 3.80. The molecule has 1 N–H and O–H groups in total. The topological polar surface area (TPSA) is 107 Å². The van der Waals surface area contributed by atoms with Gasteiger partial charge in [0.2, 0.25) is 0 Å². The van der Waals surface area contributed by atoms with Crippen LogP contribution in [0, 0.1) is 17.0 Å². The zero-order chi connectivity index (χ0) is 19.9. The number of nitrogens with zero attached hydrogens (tertiary/aromatic N) is 2. The van der Waals surface area contributed by atoms with Gasteiger partial charge in [-0.15, -0.1) is 0 Å². The maximum atomic E-state index is 11.8. The van der Waals surface area contributed by atoms with Crippen molar-refractivity contribution >= 4 is 17.8 Å². The third kappa shape index (κ3) is 4.82. The summed E-state index contributed by atoms with van der Waals surface area (Å²) in [7, 11) is 0. The molecule has 0 fully saturated rings. The van der Waals surface area contributed by atoms with Crippen LogP contribution in [0.25, 0.3) is 11.3 Å². The SMILES string of the molecule is Cc1ccccc1OCC(=O)NN=Cc1ccc(-c2cccc([N+](=O)[O-])c2)o1. The number of amides is 1. The molecule has 28 heavy (non-hydrogen) atoms. The first-order valence-corrected chi connectivity index (χ1v) is 8.38. The number of para-hydroxylation sites is 1. The van der Waals surface area contributed by atoms with E-state index in [1.165, 1.54) is 18.3 Å². The Kier molecular flexibility index (Phi) is 5.81. The highest BCUT2D eigenvalue weighted by atomic mass is 16.6. The van der Waals surface area contributed by atoms with Crippen LogP contribution in [0.4, 0.5) is 5.69 Å². The number of furan rings is 1. The predicted octanol–water partition coefficient (Wildman–Crippen LogP) is 3.69. The Morgan fingerprint density at radius 3 is 2.82 bits per heavy atom. The van der Waals surface area contributed by atoms with E-state index < -0.39 is 10.8 Å². The number of nitrogens with one attached hydrogen (secondary N) is 1. The van der Waals surface area contributed by atoms with Crippen LogP contribution < -0.4 is 10.2 Å². The molecule has 1 heterocycles. The van der Waals surface area contributed by atoms with Crippen molar-refractivity contribution in [1.82, 2.24) is 5.43 Å². The molecule has 1 aromatic heterocycles. The van der Waals surface area contributed by atoms with Crippen molar-refractivity contribution in [1.29, 1.82) is 0 Å². The Morgan fingerprint density at radius 1 is 1.21 bits per heavy atom. The number of hydrogen-bond acceptors (Lipinski definition) is 6. The predicted molar refractivity (Wildman–Crippen MR) is 103 cm³/mol. The quantitative estimate of drug-likeness (QED) is 0.383. The monoisotopic (exact) mass is 379 g/mol. The molecule has 0 aliphatic carbocycles. The fourth-order valence-electron chi connectivity index (χ4n) is 2.41. The van der Waals surface area contributed by atoms with E-state index in [2.05, 4.69) is 10.5 Å². The van der Waals surface area contributed by atoms with E-state index >= 15 is 0 Å². The highest BCUT2D eigenvalue weighted by Crippen LogP contribution is 2.25. The molecule has 0 spiro atoms. The standard InChI is InChI=1S/C20H17N3O5/c1-14-5-2-3-8-18(14)27-13-20(24)22-21-12-17-9-10-19(28-17)15-6-4-7-16(11-15)23(25)26/h2-12H,13H2,1H3,(H,22,24). The molecule has 0 unspecified atom stereocenters. The summed E-state index contributed by atoms with van der Waals surface area (Å²) in [4.78, 5) is 22.2. The Labute approximate surface area is 160 Å². The van der Waals surface area contributed by atoms with Gasteiger partial charge in [-0.2, -0.15) is 5.10 Å². The highest BCUT2D eigenvalue weighted by molar-refractivity contribution is 5.81. The fraction of sp³-hybridized carbons (Fsp3) is 0.100. The molecule has 0 radical (unpaired) electrons. The number of hydrazone groups is 1. The summed E-state index contributed by atoms with van der Waals surface area (Å²) in [6, 6.07) is 16.8. The summed E-state index contributed by atoms with van der Waals surface area (Å²) in [5.41, 5.74) is 3.83. The van der Waals surface area contributed by atoms with Crippen LogP contribution in [-0.2, 0) is 4.79 Å². The number of non-ortho nitro benzene ring substituents is 1. The average Bonchev–Trinajstić information content (AvgIpc) is 3.16. The molecule has 8 heteroatoms. The van der Waals surface area contributed by atoms with Gasteiger partial charge in [0, 0.05) is 17.7 Å². The van der Waals surface area contributed by atoms with E-state index in [4.69, 9.17) is 9.15 Å². The molecule has 0 saturated carbocycles. The van der Waals surface area contributed by atoms with E-state index in [1.54, 1.807) is 30.3 Å². The number of ether oxygens (including phenoxy) is 1. The largest absolute Gasteiger partial charge is 0.483 e. The van der Waals surface area contributed by atoms with Gasteiger partial charge in [0.25, 0.3) is 11.6 Å². The summed E-state index contributed by atoms with van der Waals surface area (Å²) in [5, 5.41) is 14.7. The average molecular weight is 379 g/mol. The van der Waals surface area contributed by atoms with Gasteiger partial charge in [-0.1, -0.05) is 30.3 Å². The second-order valence-corrected chi connectivity index (χ2v) is 5.86. The van der Waals surface area contributed by atoms with E-state index in [0.29, 0.717) is 22.8 Å². The van der Waals surface area contributed by atoms with Gasteiger partial charge < -0.3 is 9.15 Å². The number of carbonyl (C=O) groups excluding carboxylic acids is 1. The highest BCUT2D eigenvalue weighted by Gasteiger charge is 2.10. The smallest absolute Gasteiger partial charge is 0.277 e. The van der Waals surface area contributed by atoms with Crippen LogP contribution in [0.1, 0.15) is 11.3 Å². The van der Waals surface area contributed by atoms with E-state index in [0.717, 1.165) is 5.56 Å². The summed E-state index contributed by atoms with van der Waals surface area (Å²) in [6.45, 7) is 1.72. The number of rotatable bonds is 7. The van der Waals surface area contributed by atoms with Gasteiger partial charge in [0.1, 0.15) is 17.3 Å². The number of hydrogen-bond donors (Lipinski definition) is 1. The minimum absolute atomic E-state index is 0.0231. The molecule has 142 valence electrons. The molecule has 3 rings (SSSR count). The number of benzene rings is 2. The molecular weight excluding hydrogens is 362 g/mol. The zero-order valence-corrected chi connectivity index (χ0v) is 15.0. The summed E-state index contributed by atoms with van der Waals surface area (Å²) >= 11 is 0. The zero-order valence-electron chi connectivity index (χ0n) is 15.0. The van der Waals surface area contributed by atoms with Crippen LogP contribution in [0.2, 0.25) is 0 Å². The summed E-state index contributed by atoms with van der Waals surface area (Å²) in [5.74, 6) is 1.07. The molecule has 0 aliphatic heterocycles. The molecule has 8 nitrogen and oxygen atoms in total. The van der Waals surface area contributed by atoms with Gasteiger partial charge in [0.15, 0.2) is 6.61 Å². The Bertz CT molecular complexity index is 1030. The lowest BCUT2D eigenvalue weighted by Crippen LogP contribution is -2.24. The summed E-state index contributed by atoms with van der Waals surface area (Å²) in [6.07, 6.45) is 1.34. The first-order chi connectivity index (χ1) is 13.5. The number of carbonyl (C=O) groups is 1. The van der Waals surface area contributed by atoms with Gasteiger partial charge in [-0.25, -0.2) is 5.43 Å². The van der Waals surface area contributed by atoms with Crippen LogP contribution in [0.15, 0.2) is 70.2 Å². The minimum atomic E-state index is -0.469. The third-order valence-electron chi connectivity index (χ3n) is 3.80. The molecule has 0 bridgehead atoms.